The van der Waals surface area contributed by atoms with Crippen molar-refractivity contribution in [3.05, 3.63) is 0 Å². The second kappa shape index (κ2) is 9.00. The number of amides is 1. The zero-order valence-corrected chi connectivity index (χ0v) is 13.4. The summed E-state index contributed by atoms with van der Waals surface area (Å²) in [7, 11) is 0. The van der Waals surface area contributed by atoms with Crippen LogP contribution < -0.4 is 0 Å². The number of hydrogen-bond donors (Lipinski definition) is 1. The third-order valence-corrected chi connectivity index (χ3v) is 4.06. The molecule has 1 N–H and O–H groups in total. The number of ether oxygens (including phenoxy) is 1. The van der Waals surface area contributed by atoms with E-state index in [9.17, 15) is 9.59 Å². The molecule has 122 valence electrons. The van der Waals surface area contributed by atoms with E-state index < -0.39 is 18.2 Å². The summed E-state index contributed by atoms with van der Waals surface area (Å²) in [6.07, 6.45) is 0.439. The van der Waals surface area contributed by atoms with Gasteiger partial charge < -0.3 is 19.6 Å². The Morgan fingerprint density at radius 1 is 1.05 bits per heavy atom. The average molecular weight is 300 g/mol. The molecule has 1 aliphatic rings. The number of carboxylic acid groups (broad SMARTS) is 1. The van der Waals surface area contributed by atoms with Gasteiger partial charge in [-0.05, 0) is 45.8 Å². The number of carbonyl (C=O) groups excluding carboxylic acids is 1. The molecule has 1 rings (SSSR count). The van der Waals surface area contributed by atoms with Gasteiger partial charge in [0.2, 0.25) is 0 Å². The molecule has 6 heteroatoms. The maximum absolute atomic E-state index is 12.4. The Morgan fingerprint density at radius 3 is 2.14 bits per heavy atom. The summed E-state index contributed by atoms with van der Waals surface area (Å²) in [6, 6.07) is 0. The topological polar surface area (TPSA) is 70.1 Å². The quantitative estimate of drug-likeness (QED) is 0.693. The predicted molar refractivity (Wildman–Crippen MR) is 80.2 cm³/mol. The summed E-state index contributed by atoms with van der Waals surface area (Å²) in [6.45, 7) is 10.5. The predicted octanol–water partition coefficient (Wildman–Crippen LogP) is 1.20. The third-order valence-electron chi connectivity index (χ3n) is 4.06. The van der Waals surface area contributed by atoms with E-state index in [1.54, 1.807) is 4.90 Å². The van der Waals surface area contributed by atoms with E-state index in [0.717, 1.165) is 26.1 Å². The minimum Gasteiger partial charge on any atom is -0.479 e. The molecule has 0 radical (unpaired) electrons. The van der Waals surface area contributed by atoms with Crippen molar-refractivity contribution in [2.24, 2.45) is 0 Å². The minimum absolute atomic E-state index is 0.0687. The highest BCUT2D eigenvalue weighted by Gasteiger charge is 2.36. The Hall–Kier alpha value is -1.14. The number of aliphatic carboxylic acids is 1. The summed E-state index contributed by atoms with van der Waals surface area (Å²) in [5, 5.41) is 8.91. The molecule has 2 unspecified atom stereocenters. The lowest BCUT2D eigenvalue weighted by atomic mass is 10.1. The van der Waals surface area contributed by atoms with Crippen molar-refractivity contribution < 1.29 is 19.4 Å². The second-order valence-corrected chi connectivity index (χ2v) is 5.33. The number of hydrogen-bond acceptors (Lipinski definition) is 4. The number of nitrogens with zero attached hydrogens (tertiary/aromatic N) is 2. The SMILES string of the molecule is CCN(CC)CCCN(CC)C(=O)C1CCC(C(=O)O)O1. The van der Waals surface area contributed by atoms with Crippen molar-refractivity contribution in [2.75, 3.05) is 32.7 Å². The van der Waals surface area contributed by atoms with Gasteiger partial charge in [-0.2, -0.15) is 0 Å². The lowest BCUT2D eigenvalue weighted by Crippen LogP contribution is -2.41. The molecule has 0 aliphatic carbocycles. The number of likely N-dealkylation sites (N-methyl/N-ethyl adjacent to an activating group) is 1. The minimum atomic E-state index is -0.977. The van der Waals surface area contributed by atoms with Crippen molar-refractivity contribution in [3.8, 4) is 0 Å². The zero-order chi connectivity index (χ0) is 15.8. The van der Waals surface area contributed by atoms with Crippen LogP contribution in [0.3, 0.4) is 0 Å². The van der Waals surface area contributed by atoms with Crippen molar-refractivity contribution >= 4 is 11.9 Å². The smallest absolute Gasteiger partial charge is 0.332 e. The average Bonchev–Trinajstić information content (AvgIpc) is 2.97. The fraction of sp³-hybridized carbons (Fsp3) is 0.867. The maximum atomic E-state index is 12.4. The first-order valence-corrected chi connectivity index (χ1v) is 7.92. The van der Waals surface area contributed by atoms with Gasteiger partial charge in [-0.15, -0.1) is 0 Å². The Balaban J connectivity index is 2.41. The molecule has 1 heterocycles. The van der Waals surface area contributed by atoms with Crippen molar-refractivity contribution in [2.45, 2.75) is 52.2 Å². The highest BCUT2D eigenvalue weighted by molar-refractivity contribution is 5.82. The Morgan fingerprint density at radius 2 is 1.67 bits per heavy atom. The molecule has 21 heavy (non-hydrogen) atoms. The first-order valence-electron chi connectivity index (χ1n) is 7.92. The van der Waals surface area contributed by atoms with Gasteiger partial charge >= 0.3 is 5.97 Å². The van der Waals surface area contributed by atoms with Gasteiger partial charge in [-0.3, -0.25) is 4.79 Å². The van der Waals surface area contributed by atoms with E-state index in [1.165, 1.54) is 0 Å². The molecule has 0 aromatic heterocycles. The van der Waals surface area contributed by atoms with Crippen molar-refractivity contribution in [1.29, 1.82) is 0 Å². The maximum Gasteiger partial charge on any atom is 0.332 e. The van der Waals surface area contributed by atoms with Crippen molar-refractivity contribution in [1.82, 2.24) is 9.80 Å². The van der Waals surface area contributed by atoms with Crippen LogP contribution in [0.15, 0.2) is 0 Å². The summed E-state index contributed by atoms with van der Waals surface area (Å²) in [4.78, 5) is 27.3. The molecule has 1 saturated heterocycles. The van der Waals surface area contributed by atoms with Crippen LogP contribution >= 0.6 is 0 Å². The van der Waals surface area contributed by atoms with Crippen molar-refractivity contribution in [3.63, 3.8) is 0 Å². The van der Waals surface area contributed by atoms with Gasteiger partial charge in [-0.25, -0.2) is 4.79 Å². The van der Waals surface area contributed by atoms with E-state index in [-0.39, 0.29) is 5.91 Å². The molecule has 0 aromatic carbocycles. The van der Waals surface area contributed by atoms with Crippen LogP contribution in [-0.4, -0.2) is 71.7 Å². The van der Waals surface area contributed by atoms with E-state index in [1.807, 2.05) is 6.92 Å². The second-order valence-electron chi connectivity index (χ2n) is 5.33. The lowest BCUT2D eigenvalue weighted by Gasteiger charge is -2.25. The number of carbonyl (C=O) groups is 2. The van der Waals surface area contributed by atoms with Gasteiger partial charge in [0.05, 0.1) is 0 Å². The van der Waals surface area contributed by atoms with E-state index in [0.29, 0.717) is 25.9 Å². The van der Waals surface area contributed by atoms with Gasteiger partial charge in [-0.1, -0.05) is 13.8 Å². The molecule has 6 nitrogen and oxygen atoms in total. The Bertz CT molecular complexity index is 345. The van der Waals surface area contributed by atoms with Crippen LogP contribution in [0.4, 0.5) is 0 Å². The molecule has 1 fully saturated rings. The van der Waals surface area contributed by atoms with Crippen LogP contribution in [0, 0.1) is 0 Å². The van der Waals surface area contributed by atoms with Crippen LogP contribution in [0.25, 0.3) is 0 Å². The summed E-state index contributed by atoms with van der Waals surface area (Å²) >= 11 is 0. The molecule has 0 saturated carbocycles. The number of rotatable bonds is 9. The van der Waals surface area contributed by atoms with Gasteiger partial charge in [0.25, 0.3) is 5.91 Å². The first-order chi connectivity index (χ1) is 10.0. The monoisotopic (exact) mass is 300 g/mol. The normalized spacial score (nSPS) is 21.7. The Labute approximate surface area is 127 Å². The van der Waals surface area contributed by atoms with Crippen LogP contribution in [-0.2, 0) is 14.3 Å². The fourth-order valence-corrected chi connectivity index (χ4v) is 2.65. The molecule has 0 spiro atoms. The van der Waals surface area contributed by atoms with Gasteiger partial charge in [0.15, 0.2) is 6.10 Å². The molecule has 0 bridgehead atoms. The molecule has 1 aliphatic heterocycles. The van der Waals surface area contributed by atoms with Crippen LogP contribution in [0.1, 0.15) is 40.0 Å². The first kappa shape index (κ1) is 17.9. The van der Waals surface area contributed by atoms with Crippen LogP contribution in [0.2, 0.25) is 0 Å². The summed E-state index contributed by atoms with van der Waals surface area (Å²) in [5.74, 6) is -1.05. The van der Waals surface area contributed by atoms with Gasteiger partial charge in [0.1, 0.15) is 6.10 Å². The summed E-state index contributed by atoms with van der Waals surface area (Å²) in [5.41, 5.74) is 0. The van der Waals surface area contributed by atoms with E-state index >= 15 is 0 Å². The third kappa shape index (κ3) is 5.28. The summed E-state index contributed by atoms with van der Waals surface area (Å²) < 4.78 is 5.34. The van der Waals surface area contributed by atoms with Crippen LogP contribution in [0.5, 0.6) is 0 Å². The highest BCUT2D eigenvalue weighted by Crippen LogP contribution is 2.21. The molecule has 2 atom stereocenters. The largest absolute Gasteiger partial charge is 0.479 e. The van der Waals surface area contributed by atoms with E-state index in [2.05, 4.69) is 18.7 Å². The van der Waals surface area contributed by atoms with Gasteiger partial charge in [0, 0.05) is 13.1 Å². The standard InChI is InChI=1S/C15H28N2O4/c1-4-16(5-2)10-7-11-17(6-3)14(18)12-8-9-13(21-12)15(19)20/h12-13H,4-11H2,1-3H3,(H,19,20). The lowest BCUT2D eigenvalue weighted by molar-refractivity contribution is -0.154. The number of carboxylic acids is 1. The zero-order valence-electron chi connectivity index (χ0n) is 13.4. The Kier molecular flexibility index (Phi) is 7.67. The molecule has 0 aromatic rings. The molecular weight excluding hydrogens is 272 g/mol. The molecule has 1 amide bonds. The van der Waals surface area contributed by atoms with E-state index in [4.69, 9.17) is 9.84 Å². The molecular formula is C15H28N2O4. The highest BCUT2D eigenvalue weighted by atomic mass is 16.5. The fourth-order valence-electron chi connectivity index (χ4n) is 2.65.